The van der Waals surface area contributed by atoms with E-state index in [9.17, 15) is 8.42 Å². The predicted molar refractivity (Wildman–Crippen MR) is 110 cm³/mol. The second kappa shape index (κ2) is 9.23. The van der Waals surface area contributed by atoms with Gasteiger partial charge in [-0.05, 0) is 55.7 Å². The lowest BCUT2D eigenvalue weighted by Gasteiger charge is -2.29. The molecular weight excluding hydrogens is 380 g/mol. The van der Waals surface area contributed by atoms with E-state index in [2.05, 4.69) is 16.4 Å². The van der Waals surface area contributed by atoms with E-state index in [1.807, 2.05) is 12.4 Å². The highest BCUT2D eigenvalue weighted by molar-refractivity contribution is 7.88. The molecule has 0 radical (unpaired) electrons. The molecule has 0 bridgehead atoms. The zero-order valence-corrected chi connectivity index (χ0v) is 17.4. The van der Waals surface area contributed by atoms with Gasteiger partial charge in [0.05, 0.1) is 28.7 Å². The Morgan fingerprint density at radius 2 is 2.00 bits per heavy atom. The third-order valence-corrected chi connectivity index (χ3v) is 7.37. The summed E-state index contributed by atoms with van der Waals surface area (Å²) in [5, 5.41) is 2.21. The fraction of sp³-hybridized carbons (Fsp3) is 0.579. The molecule has 0 aromatic carbocycles. The number of nitrogens with two attached hydrogens (primary N) is 1. The Hall–Kier alpha value is -1.35. The van der Waals surface area contributed by atoms with Crippen molar-refractivity contribution in [3.05, 3.63) is 35.1 Å². The second-order valence-corrected chi connectivity index (χ2v) is 10.1. The first-order chi connectivity index (χ1) is 13.0. The Morgan fingerprint density at radius 3 is 2.70 bits per heavy atom. The van der Waals surface area contributed by atoms with Gasteiger partial charge in [0, 0.05) is 25.2 Å². The van der Waals surface area contributed by atoms with Crippen LogP contribution in [0.1, 0.15) is 49.3 Å². The lowest BCUT2D eigenvalue weighted by Crippen LogP contribution is -2.37. The molecule has 0 aliphatic carbocycles. The third-order valence-electron chi connectivity index (χ3n) is 5.07. The van der Waals surface area contributed by atoms with Crippen LogP contribution in [0.15, 0.2) is 23.8 Å². The van der Waals surface area contributed by atoms with E-state index in [1.54, 1.807) is 15.6 Å². The number of nitrogens with zero attached hydrogens (tertiary/aromatic N) is 3. The van der Waals surface area contributed by atoms with Gasteiger partial charge in [0.2, 0.25) is 10.0 Å². The number of unbranched alkanes of at least 4 members (excludes halogenated alkanes) is 2. The Balaban J connectivity index is 1.64. The van der Waals surface area contributed by atoms with Gasteiger partial charge >= 0.3 is 0 Å². The maximum atomic E-state index is 11.7. The molecule has 8 heteroatoms. The molecule has 1 aliphatic heterocycles. The van der Waals surface area contributed by atoms with Crippen LogP contribution in [-0.4, -0.2) is 48.6 Å². The van der Waals surface area contributed by atoms with E-state index in [0.717, 1.165) is 54.9 Å². The summed E-state index contributed by atoms with van der Waals surface area (Å²) in [6, 6.07) is 2.22. The van der Waals surface area contributed by atoms with Gasteiger partial charge in [0.1, 0.15) is 0 Å². The van der Waals surface area contributed by atoms with Crippen molar-refractivity contribution < 1.29 is 8.42 Å². The molecule has 0 spiro atoms. The van der Waals surface area contributed by atoms with Crippen LogP contribution < -0.4 is 5.73 Å². The first-order valence-corrected chi connectivity index (χ1v) is 12.2. The summed E-state index contributed by atoms with van der Waals surface area (Å²) < 4.78 is 24.9. The van der Waals surface area contributed by atoms with Crippen LogP contribution in [-0.2, 0) is 16.4 Å². The van der Waals surface area contributed by atoms with Gasteiger partial charge < -0.3 is 5.73 Å². The lowest BCUT2D eigenvalue weighted by molar-refractivity contribution is 0.318. The van der Waals surface area contributed by atoms with E-state index >= 15 is 0 Å². The maximum absolute atomic E-state index is 11.7. The molecule has 27 heavy (non-hydrogen) atoms. The van der Waals surface area contributed by atoms with Crippen LogP contribution in [0.25, 0.3) is 10.6 Å². The molecule has 2 aromatic heterocycles. The van der Waals surface area contributed by atoms with Crippen molar-refractivity contribution in [2.24, 2.45) is 5.73 Å². The first kappa shape index (κ1) is 20.4. The first-order valence-electron chi connectivity index (χ1n) is 9.52. The van der Waals surface area contributed by atoms with Crippen LogP contribution in [0.3, 0.4) is 0 Å². The molecular formula is C19H28N4O2S2. The van der Waals surface area contributed by atoms with Gasteiger partial charge in [0.15, 0.2) is 0 Å². The molecule has 1 saturated heterocycles. The van der Waals surface area contributed by atoms with Gasteiger partial charge in [-0.1, -0.05) is 6.42 Å². The van der Waals surface area contributed by atoms with E-state index in [0.29, 0.717) is 13.1 Å². The monoisotopic (exact) mass is 408 g/mol. The highest BCUT2D eigenvalue weighted by atomic mass is 32.2. The van der Waals surface area contributed by atoms with E-state index in [4.69, 9.17) is 10.7 Å². The molecule has 3 heterocycles. The number of aromatic nitrogens is 2. The largest absolute Gasteiger partial charge is 0.330 e. The van der Waals surface area contributed by atoms with Crippen molar-refractivity contribution in [2.75, 3.05) is 25.9 Å². The fourth-order valence-electron chi connectivity index (χ4n) is 3.47. The van der Waals surface area contributed by atoms with Crippen molar-refractivity contribution >= 4 is 21.4 Å². The van der Waals surface area contributed by atoms with Crippen molar-refractivity contribution in [2.45, 2.75) is 44.4 Å². The molecule has 0 atom stereocenters. The maximum Gasteiger partial charge on any atom is 0.211 e. The summed E-state index contributed by atoms with van der Waals surface area (Å²) in [7, 11) is -3.10. The normalized spacial score (nSPS) is 16.7. The minimum absolute atomic E-state index is 0.270. The number of hydrogen-bond donors (Lipinski definition) is 1. The molecule has 0 unspecified atom stereocenters. The molecule has 2 aromatic rings. The molecule has 1 aliphatic rings. The summed E-state index contributed by atoms with van der Waals surface area (Å²) >= 11 is 1.71. The number of thiophene rings is 1. The SMILES string of the molecule is CS(=O)(=O)N1CCC(c2cncc(-c3cc(CCCCCN)cs3)n2)CC1. The molecule has 6 nitrogen and oxygen atoms in total. The van der Waals surface area contributed by atoms with E-state index in [-0.39, 0.29) is 5.92 Å². The minimum Gasteiger partial charge on any atom is -0.330 e. The Morgan fingerprint density at radius 1 is 1.22 bits per heavy atom. The summed E-state index contributed by atoms with van der Waals surface area (Å²) in [5.74, 6) is 0.270. The van der Waals surface area contributed by atoms with Crippen LogP contribution in [0.2, 0.25) is 0 Å². The molecule has 1 fully saturated rings. The topological polar surface area (TPSA) is 89.2 Å². The Labute approximate surface area is 165 Å². The van der Waals surface area contributed by atoms with Crippen LogP contribution >= 0.6 is 11.3 Å². The van der Waals surface area contributed by atoms with Crippen molar-refractivity contribution in [1.82, 2.24) is 14.3 Å². The molecule has 3 rings (SSSR count). The average Bonchev–Trinajstić information content (AvgIpc) is 3.14. The van der Waals surface area contributed by atoms with Crippen molar-refractivity contribution in [3.63, 3.8) is 0 Å². The minimum atomic E-state index is -3.10. The molecule has 0 amide bonds. The van der Waals surface area contributed by atoms with Gasteiger partial charge in [-0.25, -0.2) is 17.7 Å². The standard InChI is InChI=1S/C19H28N4O2S2/c1-27(24,25)23-9-6-16(7-10-23)17-12-21-13-18(22-17)19-11-15(14-26-19)5-3-2-4-8-20/h11-14,16H,2-10,20H2,1H3. The smallest absolute Gasteiger partial charge is 0.211 e. The number of aryl methyl sites for hydroxylation is 1. The quantitative estimate of drug-likeness (QED) is 0.678. The highest BCUT2D eigenvalue weighted by Gasteiger charge is 2.26. The van der Waals surface area contributed by atoms with E-state index in [1.165, 1.54) is 18.2 Å². The average molecular weight is 409 g/mol. The summed E-state index contributed by atoms with van der Waals surface area (Å²) in [4.78, 5) is 10.4. The number of hydrogen-bond acceptors (Lipinski definition) is 6. The second-order valence-electron chi connectivity index (χ2n) is 7.18. The zero-order valence-electron chi connectivity index (χ0n) is 15.8. The van der Waals surface area contributed by atoms with Crippen molar-refractivity contribution in [3.8, 4) is 10.6 Å². The molecule has 0 saturated carbocycles. The molecule has 148 valence electrons. The van der Waals surface area contributed by atoms with E-state index < -0.39 is 10.0 Å². The van der Waals surface area contributed by atoms with Crippen molar-refractivity contribution in [1.29, 1.82) is 0 Å². The summed E-state index contributed by atoms with van der Waals surface area (Å²) in [6.07, 6.45) is 11.0. The fourth-order valence-corrected chi connectivity index (χ4v) is 5.25. The van der Waals surface area contributed by atoms with Gasteiger partial charge in [-0.2, -0.15) is 0 Å². The number of sulfonamides is 1. The third kappa shape index (κ3) is 5.57. The summed E-state index contributed by atoms with van der Waals surface area (Å²) in [6.45, 7) is 1.88. The van der Waals surface area contributed by atoms with Gasteiger partial charge in [-0.3, -0.25) is 4.98 Å². The Bertz CT molecular complexity index is 843. The zero-order chi connectivity index (χ0) is 19.3. The lowest BCUT2D eigenvalue weighted by atomic mass is 9.95. The Kier molecular flexibility index (Phi) is 6.97. The molecule has 2 N–H and O–H groups in total. The van der Waals surface area contributed by atoms with Crippen LogP contribution in [0.4, 0.5) is 0 Å². The van der Waals surface area contributed by atoms with Gasteiger partial charge in [0.25, 0.3) is 0 Å². The predicted octanol–water partition coefficient (Wildman–Crippen LogP) is 3.02. The van der Waals surface area contributed by atoms with Crippen LogP contribution in [0.5, 0.6) is 0 Å². The number of rotatable bonds is 8. The van der Waals surface area contributed by atoms with Crippen LogP contribution in [0, 0.1) is 0 Å². The van der Waals surface area contributed by atoms with Gasteiger partial charge in [-0.15, -0.1) is 11.3 Å². The summed E-state index contributed by atoms with van der Waals surface area (Å²) in [5.41, 5.74) is 8.78. The number of piperidine rings is 1. The highest BCUT2D eigenvalue weighted by Crippen LogP contribution is 2.31.